The number of hydrogen-bond donors (Lipinski definition) is 0. The van der Waals surface area contributed by atoms with Crippen LogP contribution in [0.15, 0.2) is 170 Å². The lowest BCUT2D eigenvalue weighted by molar-refractivity contribution is -0.144. The van der Waals surface area contributed by atoms with E-state index < -0.39 is 36.0 Å². The van der Waals surface area contributed by atoms with Crippen LogP contribution in [0.2, 0.25) is 10.0 Å². The van der Waals surface area contributed by atoms with Gasteiger partial charge in [0.15, 0.2) is 0 Å². The van der Waals surface area contributed by atoms with Crippen LogP contribution in [0.1, 0.15) is 80.5 Å². The topological polar surface area (TPSA) is 105 Å². The molecule has 10 heteroatoms. The van der Waals surface area contributed by atoms with Gasteiger partial charge in [-0.05, 0) is 96.5 Å². The van der Waals surface area contributed by atoms with Crippen LogP contribution in [0, 0.1) is 0 Å². The second-order valence-corrected chi connectivity index (χ2v) is 15.4. The second-order valence-electron chi connectivity index (χ2n) is 14.6. The van der Waals surface area contributed by atoms with E-state index in [1.165, 1.54) is 14.2 Å². The summed E-state index contributed by atoms with van der Waals surface area (Å²) >= 11 is 12.0. The van der Waals surface area contributed by atoms with Crippen LogP contribution in [0.25, 0.3) is 0 Å². The Balaban J connectivity index is 0.000000234. The fourth-order valence-electron chi connectivity index (χ4n) is 6.92. The molecule has 0 radical (unpaired) electrons. The number of hydrogen-bond acceptors (Lipinski definition) is 8. The monoisotopic (exact) mass is 872 g/mol. The van der Waals surface area contributed by atoms with E-state index in [4.69, 9.17) is 42.1 Å². The van der Waals surface area contributed by atoms with Gasteiger partial charge in [0.05, 0.1) is 37.2 Å². The van der Waals surface area contributed by atoms with Gasteiger partial charge in [0.25, 0.3) is 0 Å². The van der Waals surface area contributed by atoms with E-state index in [0.717, 1.165) is 35.1 Å². The van der Waals surface area contributed by atoms with E-state index in [-0.39, 0.29) is 11.9 Å². The van der Waals surface area contributed by atoms with Crippen LogP contribution < -0.4 is 0 Å². The van der Waals surface area contributed by atoms with Crippen molar-refractivity contribution in [2.45, 2.75) is 62.6 Å². The quantitative estimate of drug-likeness (QED) is 0.0621. The van der Waals surface area contributed by atoms with Gasteiger partial charge in [-0.3, -0.25) is 9.59 Å². The molecule has 0 saturated heterocycles. The molecule has 0 N–H and O–H groups in total. The molecule has 0 fully saturated rings. The number of benzene rings is 6. The van der Waals surface area contributed by atoms with Gasteiger partial charge >= 0.3 is 23.9 Å². The average Bonchev–Trinajstić information content (AvgIpc) is 3.32. The van der Waals surface area contributed by atoms with E-state index in [1.807, 2.05) is 72.8 Å². The number of aryl methyl sites for hydroxylation is 2. The summed E-state index contributed by atoms with van der Waals surface area (Å²) in [4.78, 5) is 50.6. The van der Waals surface area contributed by atoms with E-state index in [9.17, 15) is 19.2 Å². The second kappa shape index (κ2) is 24.9. The summed E-state index contributed by atoms with van der Waals surface area (Å²) in [5.74, 6) is -2.68. The Morgan fingerprint density at radius 3 is 1.05 bits per heavy atom. The number of carbonyl (C=O) groups excluding carboxylic acids is 4. The van der Waals surface area contributed by atoms with Crippen molar-refractivity contribution >= 4 is 47.1 Å². The van der Waals surface area contributed by atoms with E-state index in [0.29, 0.717) is 46.9 Å². The van der Waals surface area contributed by atoms with Gasteiger partial charge in [-0.1, -0.05) is 145 Å². The van der Waals surface area contributed by atoms with Crippen molar-refractivity contribution in [1.82, 2.24) is 0 Å². The van der Waals surface area contributed by atoms with E-state index >= 15 is 0 Å². The van der Waals surface area contributed by atoms with Crippen LogP contribution in [-0.2, 0) is 41.4 Å². The third kappa shape index (κ3) is 15.0. The zero-order valence-corrected chi connectivity index (χ0v) is 36.3. The summed E-state index contributed by atoms with van der Waals surface area (Å²) < 4.78 is 21.8. The molecule has 6 aromatic rings. The van der Waals surface area contributed by atoms with Crippen molar-refractivity contribution in [1.29, 1.82) is 0 Å². The van der Waals surface area contributed by atoms with Crippen LogP contribution in [-0.4, -0.2) is 50.3 Å². The third-order valence-corrected chi connectivity index (χ3v) is 10.8. The maximum Gasteiger partial charge on any atom is 0.338 e. The predicted molar refractivity (Wildman–Crippen MR) is 242 cm³/mol. The summed E-state index contributed by atoms with van der Waals surface area (Å²) in [6.45, 7) is 0. The number of carbonyl (C=O) groups is 4. The summed E-state index contributed by atoms with van der Waals surface area (Å²) in [5.41, 5.74) is 4.80. The van der Waals surface area contributed by atoms with Crippen molar-refractivity contribution in [3.8, 4) is 0 Å². The summed E-state index contributed by atoms with van der Waals surface area (Å²) in [5, 5.41) is 1.17. The molecule has 0 aliphatic carbocycles. The molecule has 62 heavy (non-hydrogen) atoms. The fourth-order valence-corrected chi connectivity index (χ4v) is 7.17. The molecule has 4 atom stereocenters. The number of halogens is 2. The Morgan fingerprint density at radius 1 is 0.435 bits per heavy atom. The molecule has 0 amide bonds. The number of ether oxygens (including phenoxy) is 4. The molecule has 320 valence electrons. The molecule has 0 aliphatic heterocycles. The lowest BCUT2D eigenvalue weighted by atomic mass is 9.91. The van der Waals surface area contributed by atoms with Crippen LogP contribution in [0.3, 0.4) is 0 Å². The Bertz CT molecular complexity index is 2110. The maximum atomic E-state index is 12.7. The first kappa shape index (κ1) is 46.8. The predicted octanol–water partition coefficient (Wildman–Crippen LogP) is 11.7. The Labute approximate surface area is 373 Å². The zero-order valence-electron chi connectivity index (χ0n) is 34.7. The molecule has 0 heterocycles. The lowest BCUT2D eigenvalue weighted by Gasteiger charge is -2.23. The normalized spacial score (nSPS) is 12.6. The molecular weight excluding hydrogens is 823 g/mol. The molecule has 4 unspecified atom stereocenters. The zero-order chi connectivity index (χ0) is 44.1. The number of esters is 4. The highest BCUT2D eigenvalue weighted by Gasteiger charge is 2.29. The van der Waals surface area contributed by atoms with Gasteiger partial charge in [-0.15, -0.1) is 0 Å². The third-order valence-electron chi connectivity index (χ3n) is 10.3. The minimum atomic E-state index is -0.563. The summed E-state index contributed by atoms with van der Waals surface area (Å²) in [6.07, 6.45) is 2.33. The molecule has 0 bridgehead atoms. The van der Waals surface area contributed by atoms with Gasteiger partial charge in [-0.25, -0.2) is 9.59 Å². The van der Waals surface area contributed by atoms with Gasteiger partial charge in [0, 0.05) is 22.9 Å². The highest BCUT2D eigenvalue weighted by atomic mass is 35.5. The van der Waals surface area contributed by atoms with Crippen molar-refractivity contribution in [3.63, 3.8) is 0 Å². The standard InChI is InChI=1S/2C26H25ClO4/c2*1-30-26(29)24(20-13-15-22(27)16-14-20)18-23(17-12-19-8-4-2-5-9-19)31-25(28)21-10-6-3-7-11-21/h2*2-11,13-16,23-24H,12,17-18H2,1H3. The molecule has 6 rings (SSSR count). The van der Waals surface area contributed by atoms with Gasteiger partial charge in [0.2, 0.25) is 0 Å². The van der Waals surface area contributed by atoms with E-state index in [1.54, 1.807) is 97.1 Å². The van der Waals surface area contributed by atoms with Gasteiger partial charge < -0.3 is 18.9 Å². The summed E-state index contributed by atoms with van der Waals surface area (Å²) in [6, 6.07) is 51.9. The molecule has 0 saturated carbocycles. The first-order valence-corrected chi connectivity index (χ1v) is 21.2. The lowest BCUT2D eigenvalue weighted by Crippen LogP contribution is -2.26. The smallest absolute Gasteiger partial charge is 0.338 e. The number of rotatable bonds is 18. The van der Waals surface area contributed by atoms with Crippen molar-refractivity contribution in [2.75, 3.05) is 14.2 Å². The Morgan fingerprint density at radius 2 is 0.742 bits per heavy atom. The first-order valence-electron chi connectivity index (χ1n) is 20.4. The highest BCUT2D eigenvalue weighted by Crippen LogP contribution is 2.29. The minimum Gasteiger partial charge on any atom is -0.469 e. The Kier molecular flexibility index (Phi) is 18.8. The number of methoxy groups -OCH3 is 2. The average molecular weight is 874 g/mol. The van der Waals surface area contributed by atoms with Crippen LogP contribution in [0.5, 0.6) is 0 Å². The van der Waals surface area contributed by atoms with Crippen molar-refractivity contribution < 1.29 is 38.1 Å². The van der Waals surface area contributed by atoms with Gasteiger partial charge in [-0.2, -0.15) is 0 Å². The fraction of sp³-hybridized carbons (Fsp3) is 0.231. The van der Waals surface area contributed by atoms with Crippen molar-refractivity contribution in [2.24, 2.45) is 0 Å². The SMILES string of the molecule is COC(=O)C(CC(CCc1ccccc1)OC(=O)c1ccccc1)c1ccc(Cl)cc1.COC(=O)C(CC(CCc1ccccc1)OC(=O)c1ccccc1)c1ccc(Cl)cc1. The molecule has 6 aromatic carbocycles. The van der Waals surface area contributed by atoms with E-state index in [2.05, 4.69) is 0 Å². The maximum absolute atomic E-state index is 12.7. The highest BCUT2D eigenvalue weighted by molar-refractivity contribution is 6.30. The Hall–Kier alpha value is -6.22. The molecule has 0 aromatic heterocycles. The first-order chi connectivity index (χ1) is 30.1. The molecule has 8 nitrogen and oxygen atoms in total. The van der Waals surface area contributed by atoms with Crippen LogP contribution in [0.4, 0.5) is 0 Å². The molecule has 0 aliphatic rings. The summed E-state index contributed by atoms with van der Waals surface area (Å²) in [7, 11) is 2.72. The van der Waals surface area contributed by atoms with Crippen molar-refractivity contribution in [3.05, 3.63) is 213 Å². The largest absolute Gasteiger partial charge is 0.469 e. The minimum absolute atomic E-state index is 0.319. The molecular formula is C52H50Cl2O8. The van der Waals surface area contributed by atoms with Gasteiger partial charge in [0.1, 0.15) is 12.2 Å². The molecule has 0 spiro atoms. The van der Waals surface area contributed by atoms with Crippen LogP contribution >= 0.6 is 23.2 Å².